The summed E-state index contributed by atoms with van der Waals surface area (Å²) in [4.78, 5) is 28.6. The Morgan fingerprint density at radius 1 is 1.12 bits per heavy atom. The second kappa shape index (κ2) is 8.88. The average Bonchev–Trinajstić information content (AvgIpc) is 2.99. The fraction of sp³-hybridized carbons (Fsp3) is 0.556. The molecule has 2 aliphatic rings. The lowest BCUT2D eigenvalue weighted by Gasteiger charge is -2.35. The van der Waals surface area contributed by atoms with Crippen molar-refractivity contribution in [3.8, 4) is 0 Å². The minimum Gasteiger partial charge on any atom is -0.339 e. The zero-order valence-corrected chi connectivity index (χ0v) is 15.8. The summed E-state index contributed by atoms with van der Waals surface area (Å²) < 4.78 is 0. The van der Waals surface area contributed by atoms with Crippen molar-refractivity contribution in [2.45, 2.75) is 31.7 Å². The van der Waals surface area contributed by atoms with Gasteiger partial charge in [-0.15, -0.1) is 12.4 Å². The molecule has 3 rings (SSSR count). The SMILES string of the molecule is Cl.N[C@@H]1CCC[C@H]1CC(=O)N1CCN(C(=O)c2cccc(Cl)c2)CC1. The lowest BCUT2D eigenvalue weighted by molar-refractivity contribution is -0.133. The minimum atomic E-state index is -0.0255. The molecule has 0 radical (unpaired) electrons. The molecule has 2 N–H and O–H groups in total. The molecule has 0 bridgehead atoms. The molecule has 2 atom stereocenters. The van der Waals surface area contributed by atoms with Crippen molar-refractivity contribution in [1.82, 2.24) is 9.80 Å². The highest BCUT2D eigenvalue weighted by molar-refractivity contribution is 6.30. The Hall–Kier alpha value is -1.30. The van der Waals surface area contributed by atoms with Crippen LogP contribution in [0.15, 0.2) is 24.3 Å². The standard InChI is InChI=1S/C18H24ClN3O2.ClH/c19-15-5-1-4-14(11-15)18(24)22-9-7-21(8-10-22)17(23)12-13-3-2-6-16(13)20;/h1,4-5,11,13,16H,2-3,6-10,12,20H2;1H/t13-,16+;/m0./s1. The smallest absolute Gasteiger partial charge is 0.254 e. The molecule has 25 heavy (non-hydrogen) atoms. The summed E-state index contributed by atoms with van der Waals surface area (Å²) in [7, 11) is 0. The van der Waals surface area contributed by atoms with Crippen LogP contribution in [0.25, 0.3) is 0 Å². The summed E-state index contributed by atoms with van der Waals surface area (Å²) in [6, 6.07) is 7.15. The van der Waals surface area contributed by atoms with Crippen LogP contribution in [-0.2, 0) is 4.79 Å². The Morgan fingerprint density at radius 3 is 2.40 bits per heavy atom. The Bertz CT molecular complexity index is 618. The van der Waals surface area contributed by atoms with Crippen LogP contribution in [0.2, 0.25) is 5.02 Å². The van der Waals surface area contributed by atoms with E-state index >= 15 is 0 Å². The van der Waals surface area contributed by atoms with Gasteiger partial charge in [0.05, 0.1) is 0 Å². The Labute approximate surface area is 159 Å². The third-order valence-electron chi connectivity index (χ3n) is 5.15. The van der Waals surface area contributed by atoms with E-state index in [1.54, 1.807) is 29.2 Å². The van der Waals surface area contributed by atoms with E-state index in [0.717, 1.165) is 19.3 Å². The van der Waals surface area contributed by atoms with E-state index in [9.17, 15) is 9.59 Å². The van der Waals surface area contributed by atoms with E-state index in [4.69, 9.17) is 17.3 Å². The average molecular weight is 386 g/mol. The van der Waals surface area contributed by atoms with Crippen LogP contribution >= 0.6 is 24.0 Å². The number of carbonyl (C=O) groups is 2. The number of amides is 2. The van der Waals surface area contributed by atoms with E-state index in [1.807, 2.05) is 4.90 Å². The largest absolute Gasteiger partial charge is 0.339 e. The van der Waals surface area contributed by atoms with Crippen LogP contribution < -0.4 is 5.73 Å². The van der Waals surface area contributed by atoms with Crippen molar-refractivity contribution in [3.63, 3.8) is 0 Å². The molecule has 0 unspecified atom stereocenters. The second-order valence-corrected chi connectivity index (χ2v) is 7.18. The van der Waals surface area contributed by atoms with Crippen molar-refractivity contribution in [3.05, 3.63) is 34.9 Å². The fourth-order valence-corrected chi connectivity index (χ4v) is 3.83. The highest BCUT2D eigenvalue weighted by Crippen LogP contribution is 2.27. The first kappa shape index (κ1) is 20.0. The molecule has 1 aromatic rings. The topological polar surface area (TPSA) is 66.6 Å². The maximum Gasteiger partial charge on any atom is 0.254 e. The Morgan fingerprint density at radius 2 is 1.80 bits per heavy atom. The zero-order valence-electron chi connectivity index (χ0n) is 14.2. The first-order chi connectivity index (χ1) is 11.5. The van der Waals surface area contributed by atoms with Crippen LogP contribution in [0, 0.1) is 5.92 Å². The van der Waals surface area contributed by atoms with E-state index in [-0.39, 0.29) is 30.3 Å². The molecule has 0 spiro atoms. The number of rotatable bonds is 3. The normalized spacial score (nSPS) is 23.3. The van der Waals surface area contributed by atoms with E-state index < -0.39 is 0 Å². The molecule has 0 aromatic heterocycles. The number of hydrogen-bond acceptors (Lipinski definition) is 3. The first-order valence-electron chi connectivity index (χ1n) is 8.63. The van der Waals surface area contributed by atoms with Gasteiger partial charge in [0, 0.05) is 49.2 Å². The summed E-state index contributed by atoms with van der Waals surface area (Å²) in [6.45, 7) is 2.31. The van der Waals surface area contributed by atoms with E-state index in [1.165, 1.54) is 0 Å². The summed E-state index contributed by atoms with van der Waals surface area (Å²) in [5.74, 6) is 0.471. The summed E-state index contributed by atoms with van der Waals surface area (Å²) >= 11 is 5.95. The van der Waals surface area contributed by atoms with Gasteiger partial charge in [0.15, 0.2) is 0 Å². The number of nitrogens with two attached hydrogens (primary N) is 1. The highest BCUT2D eigenvalue weighted by atomic mass is 35.5. The number of nitrogens with zero attached hydrogens (tertiary/aromatic N) is 2. The quantitative estimate of drug-likeness (QED) is 0.868. The molecule has 2 fully saturated rings. The Kier molecular flexibility index (Phi) is 7.11. The maximum atomic E-state index is 12.5. The number of benzene rings is 1. The van der Waals surface area contributed by atoms with E-state index in [0.29, 0.717) is 49.1 Å². The van der Waals surface area contributed by atoms with Gasteiger partial charge in [-0.1, -0.05) is 24.1 Å². The lowest BCUT2D eigenvalue weighted by atomic mass is 9.99. The summed E-state index contributed by atoms with van der Waals surface area (Å²) in [5, 5.41) is 0.558. The van der Waals surface area contributed by atoms with Gasteiger partial charge >= 0.3 is 0 Å². The van der Waals surface area contributed by atoms with Gasteiger partial charge < -0.3 is 15.5 Å². The van der Waals surface area contributed by atoms with Gasteiger partial charge in [-0.3, -0.25) is 9.59 Å². The van der Waals surface area contributed by atoms with Gasteiger partial charge in [0.1, 0.15) is 0 Å². The van der Waals surface area contributed by atoms with Crippen LogP contribution in [0.5, 0.6) is 0 Å². The molecular formula is C18H25Cl2N3O2. The number of carbonyl (C=O) groups excluding carboxylic acids is 2. The minimum absolute atomic E-state index is 0. The zero-order chi connectivity index (χ0) is 17.1. The van der Waals surface area contributed by atoms with Gasteiger partial charge in [-0.2, -0.15) is 0 Å². The molecule has 1 saturated heterocycles. The third kappa shape index (κ3) is 4.87. The number of piperazine rings is 1. The predicted molar refractivity (Wildman–Crippen MR) is 101 cm³/mol. The van der Waals surface area contributed by atoms with Crippen molar-refractivity contribution in [2.75, 3.05) is 26.2 Å². The van der Waals surface area contributed by atoms with Gasteiger partial charge in [-0.25, -0.2) is 0 Å². The highest BCUT2D eigenvalue weighted by Gasteiger charge is 2.30. The molecule has 1 saturated carbocycles. The molecule has 1 aromatic carbocycles. The van der Waals surface area contributed by atoms with Gasteiger partial charge in [-0.05, 0) is 37.0 Å². The summed E-state index contributed by atoms with van der Waals surface area (Å²) in [6.07, 6.45) is 3.75. The number of halogens is 2. The molecule has 138 valence electrons. The number of hydrogen-bond donors (Lipinski definition) is 1. The van der Waals surface area contributed by atoms with Crippen molar-refractivity contribution < 1.29 is 9.59 Å². The predicted octanol–water partition coefficient (Wildman–Crippen LogP) is 2.56. The molecule has 2 amide bonds. The van der Waals surface area contributed by atoms with Crippen LogP contribution in [0.3, 0.4) is 0 Å². The van der Waals surface area contributed by atoms with Crippen LogP contribution in [0.4, 0.5) is 0 Å². The van der Waals surface area contributed by atoms with Gasteiger partial charge in [0.25, 0.3) is 5.91 Å². The van der Waals surface area contributed by atoms with Crippen molar-refractivity contribution >= 4 is 35.8 Å². The molecule has 1 aliphatic heterocycles. The Balaban J connectivity index is 0.00000225. The van der Waals surface area contributed by atoms with Crippen LogP contribution in [0.1, 0.15) is 36.0 Å². The molecule has 5 nitrogen and oxygen atoms in total. The fourth-order valence-electron chi connectivity index (χ4n) is 3.64. The molecule has 1 heterocycles. The first-order valence-corrected chi connectivity index (χ1v) is 9.00. The van der Waals surface area contributed by atoms with Crippen molar-refractivity contribution in [2.24, 2.45) is 11.7 Å². The second-order valence-electron chi connectivity index (χ2n) is 6.74. The van der Waals surface area contributed by atoms with Crippen molar-refractivity contribution in [1.29, 1.82) is 0 Å². The molecule has 7 heteroatoms. The van der Waals surface area contributed by atoms with E-state index in [2.05, 4.69) is 0 Å². The third-order valence-corrected chi connectivity index (χ3v) is 5.38. The lowest BCUT2D eigenvalue weighted by Crippen LogP contribution is -2.51. The van der Waals surface area contributed by atoms with Gasteiger partial charge in [0.2, 0.25) is 5.91 Å². The monoisotopic (exact) mass is 385 g/mol. The molecular weight excluding hydrogens is 361 g/mol. The maximum absolute atomic E-state index is 12.5. The molecule has 1 aliphatic carbocycles. The summed E-state index contributed by atoms with van der Waals surface area (Å²) in [5.41, 5.74) is 6.66. The van der Waals surface area contributed by atoms with Crippen LogP contribution in [-0.4, -0.2) is 53.8 Å².